The van der Waals surface area contributed by atoms with Crippen LogP contribution < -0.4 is 5.32 Å². The zero-order chi connectivity index (χ0) is 27.1. The molecule has 1 aliphatic carbocycles. The first-order valence-corrected chi connectivity index (χ1v) is 14.3. The summed E-state index contributed by atoms with van der Waals surface area (Å²) >= 11 is 6.92. The summed E-state index contributed by atoms with van der Waals surface area (Å²) in [5.41, 5.74) is -0.628. The molecule has 0 bridgehead atoms. The van der Waals surface area contributed by atoms with Crippen LogP contribution in [0, 0.1) is 11.8 Å². The Bertz CT molecular complexity index is 888. The highest BCUT2D eigenvalue weighted by molar-refractivity contribution is 7.99. The maximum absolute atomic E-state index is 13.0. The van der Waals surface area contributed by atoms with Gasteiger partial charge in [-0.2, -0.15) is 0 Å². The smallest absolute Gasteiger partial charge is 0.338 e. The number of nitrogens with one attached hydrogen (secondary N) is 1. The molecular formula is C26H38ClNO8S. The molecule has 9 nitrogen and oxygen atoms in total. The monoisotopic (exact) mass is 559 g/mol. The fourth-order valence-corrected chi connectivity index (χ4v) is 6.12. The number of rotatable bonds is 11. The third kappa shape index (κ3) is 8.05. The average Bonchev–Trinajstić information content (AvgIpc) is 3.34. The predicted molar refractivity (Wildman–Crippen MR) is 140 cm³/mol. The SMILES string of the molecule is CCC[C@H]1CC[C@H](C(=O)N[C@@H]([C@H]2O[C@H](SCCOC(=O)c3ccc(Cl)cc3)[C@H](O)[C@@H](O)[C@H]2O)[C@@H](C)O)C1. The number of ether oxygens (including phenoxy) is 2. The lowest BCUT2D eigenvalue weighted by Gasteiger charge is -2.44. The summed E-state index contributed by atoms with van der Waals surface area (Å²) in [5.74, 6) is -0.160. The summed E-state index contributed by atoms with van der Waals surface area (Å²) in [4.78, 5) is 25.1. The van der Waals surface area contributed by atoms with Gasteiger partial charge in [0.15, 0.2) is 0 Å². The molecule has 11 heteroatoms. The normalized spacial score (nSPS) is 31.5. The molecule has 0 radical (unpaired) electrons. The summed E-state index contributed by atoms with van der Waals surface area (Å²) < 4.78 is 11.1. The molecule has 1 aromatic carbocycles. The number of aliphatic hydroxyl groups is 4. The van der Waals surface area contributed by atoms with E-state index in [-0.39, 0.29) is 24.2 Å². The van der Waals surface area contributed by atoms with Crippen LogP contribution in [0.5, 0.6) is 0 Å². The molecule has 1 heterocycles. The third-order valence-electron chi connectivity index (χ3n) is 7.08. The van der Waals surface area contributed by atoms with Gasteiger partial charge < -0.3 is 35.2 Å². The standard InChI is InChI=1S/C26H38ClNO8S/c1-3-4-15-5-6-17(13-15)24(33)28-19(14(2)29)23-21(31)20(30)22(32)26(36-23)37-12-11-35-25(34)16-7-9-18(27)10-8-16/h7-10,14-15,17,19-23,26,29-32H,3-6,11-13H2,1-2H3,(H,28,33)/t14-,15+,17+,19-,20+,21-,22-,23-,26-/m1/s1. The second-order valence-electron chi connectivity index (χ2n) is 9.89. The molecule has 208 valence electrons. The minimum absolute atomic E-state index is 0.0131. The van der Waals surface area contributed by atoms with Crippen molar-refractivity contribution < 1.29 is 39.5 Å². The molecule has 1 aliphatic heterocycles. The number of carbonyl (C=O) groups excluding carboxylic acids is 2. The highest BCUT2D eigenvalue weighted by Gasteiger charge is 2.48. The predicted octanol–water partition coefficient (Wildman–Crippen LogP) is 2.12. The number of aliphatic hydroxyl groups excluding tert-OH is 4. The molecule has 0 unspecified atom stereocenters. The first-order valence-electron chi connectivity index (χ1n) is 12.8. The van der Waals surface area contributed by atoms with Crippen LogP contribution in [0.25, 0.3) is 0 Å². The number of amides is 1. The fourth-order valence-electron chi connectivity index (χ4n) is 5.02. The first-order chi connectivity index (χ1) is 17.6. The highest BCUT2D eigenvalue weighted by atomic mass is 35.5. The van der Waals surface area contributed by atoms with Gasteiger partial charge in [0, 0.05) is 16.7 Å². The van der Waals surface area contributed by atoms with E-state index in [2.05, 4.69) is 12.2 Å². The Kier molecular flexibility index (Phi) is 11.5. The Labute approximate surface area is 226 Å². The van der Waals surface area contributed by atoms with E-state index < -0.39 is 48.0 Å². The summed E-state index contributed by atoms with van der Waals surface area (Å²) in [6, 6.07) is 5.28. The van der Waals surface area contributed by atoms with E-state index in [4.69, 9.17) is 21.1 Å². The van der Waals surface area contributed by atoms with E-state index in [1.807, 2.05) is 0 Å². The number of halogens is 1. The van der Waals surface area contributed by atoms with Crippen LogP contribution in [0.3, 0.4) is 0 Å². The van der Waals surface area contributed by atoms with Crippen molar-refractivity contribution in [1.29, 1.82) is 0 Å². The maximum Gasteiger partial charge on any atom is 0.338 e. The molecule has 2 fully saturated rings. The Balaban J connectivity index is 1.56. The molecule has 9 atom stereocenters. The average molecular weight is 560 g/mol. The summed E-state index contributed by atoms with van der Waals surface area (Å²) in [5, 5.41) is 45.4. The molecule has 5 N–H and O–H groups in total. The minimum atomic E-state index is -1.55. The highest BCUT2D eigenvalue weighted by Crippen LogP contribution is 2.35. The molecule has 3 rings (SSSR count). The van der Waals surface area contributed by atoms with Crippen LogP contribution in [0.4, 0.5) is 0 Å². The quantitative estimate of drug-likeness (QED) is 0.203. The third-order valence-corrected chi connectivity index (χ3v) is 8.45. The lowest BCUT2D eigenvalue weighted by molar-refractivity contribution is -0.211. The van der Waals surface area contributed by atoms with Crippen LogP contribution in [0.15, 0.2) is 24.3 Å². The van der Waals surface area contributed by atoms with Gasteiger partial charge in [0.25, 0.3) is 0 Å². The molecular weight excluding hydrogens is 522 g/mol. The molecule has 37 heavy (non-hydrogen) atoms. The minimum Gasteiger partial charge on any atom is -0.461 e. The van der Waals surface area contributed by atoms with Crippen molar-refractivity contribution in [3.8, 4) is 0 Å². The molecule has 2 aliphatic rings. The first kappa shape index (κ1) is 30.1. The number of hydrogen-bond donors (Lipinski definition) is 5. The van der Waals surface area contributed by atoms with E-state index >= 15 is 0 Å². The Hall–Kier alpha value is -1.40. The van der Waals surface area contributed by atoms with E-state index in [9.17, 15) is 30.0 Å². The van der Waals surface area contributed by atoms with Gasteiger partial charge >= 0.3 is 5.97 Å². The zero-order valence-electron chi connectivity index (χ0n) is 21.2. The molecule has 1 amide bonds. The van der Waals surface area contributed by atoms with Gasteiger partial charge in [-0.15, -0.1) is 11.8 Å². The van der Waals surface area contributed by atoms with Gasteiger partial charge in [-0.25, -0.2) is 4.79 Å². The van der Waals surface area contributed by atoms with Gasteiger partial charge in [-0.05, 0) is 56.4 Å². The fraction of sp³-hybridized carbons (Fsp3) is 0.692. The van der Waals surface area contributed by atoms with Gasteiger partial charge in [0.2, 0.25) is 5.91 Å². The zero-order valence-corrected chi connectivity index (χ0v) is 22.7. The number of thioether (sulfide) groups is 1. The lowest BCUT2D eigenvalue weighted by Crippen LogP contribution is -2.65. The molecule has 0 aromatic heterocycles. The van der Waals surface area contributed by atoms with Crippen LogP contribution in [-0.4, -0.2) is 86.7 Å². The second-order valence-corrected chi connectivity index (χ2v) is 11.5. The maximum atomic E-state index is 13.0. The van der Waals surface area contributed by atoms with E-state index in [0.717, 1.165) is 43.9 Å². The van der Waals surface area contributed by atoms with E-state index in [1.165, 1.54) is 6.92 Å². The van der Waals surface area contributed by atoms with Crippen LogP contribution in [0.2, 0.25) is 5.02 Å². The van der Waals surface area contributed by atoms with E-state index in [0.29, 0.717) is 16.5 Å². The molecule has 1 aromatic rings. The van der Waals surface area contributed by atoms with Crippen molar-refractivity contribution in [1.82, 2.24) is 5.32 Å². The van der Waals surface area contributed by atoms with Crippen molar-refractivity contribution in [3.63, 3.8) is 0 Å². The number of esters is 1. The van der Waals surface area contributed by atoms with E-state index in [1.54, 1.807) is 24.3 Å². The number of benzene rings is 1. The molecule has 1 saturated carbocycles. The van der Waals surface area contributed by atoms with Crippen LogP contribution >= 0.6 is 23.4 Å². The van der Waals surface area contributed by atoms with Gasteiger partial charge in [0.1, 0.15) is 36.5 Å². The van der Waals surface area contributed by atoms with Crippen molar-refractivity contribution in [3.05, 3.63) is 34.9 Å². The largest absolute Gasteiger partial charge is 0.461 e. The van der Waals surface area contributed by atoms with Gasteiger partial charge in [-0.1, -0.05) is 31.4 Å². The molecule has 1 saturated heterocycles. The summed E-state index contributed by atoms with van der Waals surface area (Å²) in [6.45, 7) is 3.61. The van der Waals surface area contributed by atoms with Crippen molar-refractivity contribution >= 4 is 35.2 Å². The van der Waals surface area contributed by atoms with Gasteiger partial charge in [-0.3, -0.25) is 4.79 Å². The van der Waals surface area contributed by atoms with Crippen LogP contribution in [0.1, 0.15) is 56.3 Å². The van der Waals surface area contributed by atoms with Gasteiger partial charge in [0.05, 0.1) is 17.7 Å². The summed E-state index contributed by atoms with van der Waals surface area (Å²) in [7, 11) is 0. The topological polar surface area (TPSA) is 146 Å². The number of hydrogen-bond acceptors (Lipinski definition) is 9. The molecule has 0 spiro atoms. The summed E-state index contributed by atoms with van der Waals surface area (Å²) in [6.07, 6.45) is -2.03. The van der Waals surface area contributed by atoms with Crippen LogP contribution in [-0.2, 0) is 14.3 Å². The number of carbonyl (C=O) groups is 2. The van der Waals surface area contributed by atoms with Crippen molar-refractivity contribution in [2.45, 2.75) is 87.9 Å². The Morgan fingerprint density at radius 3 is 2.51 bits per heavy atom. The van der Waals surface area contributed by atoms with Crippen molar-refractivity contribution in [2.24, 2.45) is 11.8 Å². The Morgan fingerprint density at radius 1 is 1.16 bits per heavy atom. The Morgan fingerprint density at radius 2 is 1.86 bits per heavy atom. The lowest BCUT2D eigenvalue weighted by atomic mass is 9.91. The second kappa shape index (κ2) is 14.1. The van der Waals surface area contributed by atoms with Crippen molar-refractivity contribution in [2.75, 3.05) is 12.4 Å².